The van der Waals surface area contributed by atoms with Gasteiger partial charge in [0.1, 0.15) is 0 Å². The van der Waals surface area contributed by atoms with Crippen molar-refractivity contribution in [2.45, 2.75) is 32.6 Å². The summed E-state index contributed by atoms with van der Waals surface area (Å²) in [4.78, 5) is 10.9. The van der Waals surface area contributed by atoms with Crippen molar-refractivity contribution in [1.29, 1.82) is 0 Å². The van der Waals surface area contributed by atoms with Crippen LogP contribution in [0.15, 0.2) is 30.3 Å². The van der Waals surface area contributed by atoms with Gasteiger partial charge in [-0.2, -0.15) is 5.10 Å². The number of carbonyl (C=O) groups is 1. The molecule has 0 spiro atoms. The van der Waals surface area contributed by atoms with Crippen LogP contribution in [0.5, 0.6) is 0 Å². The molecule has 1 aromatic heterocycles. The molecular formula is C16H20N2O2. The highest BCUT2D eigenvalue weighted by Crippen LogP contribution is 2.26. The van der Waals surface area contributed by atoms with Crippen molar-refractivity contribution in [3.05, 3.63) is 41.6 Å². The van der Waals surface area contributed by atoms with E-state index in [1.165, 1.54) is 5.56 Å². The Morgan fingerprint density at radius 3 is 2.30 bits per heavy atom. The van der Waals surface area contributed by atoms with Crippen LogP contribution in [-0.4, -0.2) is 20.9 Å². The summed E-state index contributed by atoms with van der Waals surface area (Å²) >= 11 is 0. The number of aryl methyl sites for hydroxylation is 1. The minimum absolute atomic E-state index is 0.0755. The Bertz CT molecular complexity index is 595. The zero-order valence-corrected chi connectivity index (χ0v) is 12.1. The molecular weight excluding hydrogens is 252 g/mol. The lowest BCUT2D eigenvalue weighted by Gasteiger charge is -2.13. The van der Waals surface area contributed by atoms with Crippen LogP contribution in [0.1, 0.15) is 48.7 Å². The standard InChI is InChI=1S/C16H20N2O2/c1-4-11(5-2)12-6-8-13(9-7-12)15-10-14(16(19)20)17-18(15)3/h6-11H,4-5H2,1-3H3,(H,19,20). The SMILES string of the molecule is CCC(CC)c1ccc(-c2cc(C(=O)O)nn2C)cc1. The van der Waals surface area contributed by atoms with Crippen LogP contribution in [-0.2, 0) is 7.05 Å². The molecule has 0 fully saturated rings. The Balaban J connectivity index is 2.32. The van der Waals surface area contributed by atoms with Crippen LogP contribution in [0.25, 0.3) is 11.3 Å². The van der Waals surface area contributed by atoms with Crippen molar-refractivity contribution in [2.75, 3.05) is 0 Å². The molecule has 0 amide bonds. The minimum Gasteiger partial charge on any atom is -0.476 e. The van der Waals surface area contributed by atoms with Gasteiger partial charge in [0.2, 0.25) is 0 Å². The summed E-state index contributed by atoms with van der Waals surface area (Å²) in [5, 5.41) is 13.0. The van der Waals surface area contributed by atoms with E-state index in [4.69, 9.17) is 5.11 Å². The van der Waals surface area contributed by atoms with Gasteiger partial charge in [-0.25, -0.2) is 4.79 Å². The molecule has 2 aromatic rings. The Morgan fingerprint density at radius 2 is 1.85 bits per heavy atom. The summed E-state index contributed by atoms with van der Waals surface area (Å²) in [6.45, 7) is 4.39. The van der Waals surface area contributed by atoms with Crippen LogP contribution in [0.3, 0.4) is 0 Å². The number of hydrogen-bond acceptors (Lipinski definition) is 2. The Labute approximate surface area is 119 Å². The molecule has 4 nitrogen and oxygen atoms in total. The molecule has 0 saturated carbocycles. The summed E-state index contributed by atoms with van der Waals surface area (Å²) < 4.78 is 1.61. The van der Waals surface area contributed by atoms with Crippen LogP contribution < -0.4 is 0 Å². The van der Waals surface area contributed by atoms with E-state index in [1.54, 1.807) is 17.8 Å². The molecule has 4 heteroatoms. The summed E-state index contributed by atoms with van der Waals surface area (Å²) in [6, 6.07) is 9.93. The first kappa shape index (κ1) is 14.3. The van der Waals surface area contributed by atoms with E-state index in [1.807, 2.05) is 12.1 Å². The highest BCUT2D eigenvalue weighted by atomic mass is 16.4. The van der Waals surface area contributed by atoms with Gasteiger partial charge in [-0.05, 0) is 36.0 Å². The highest BCUT2D eigenvalue weighted by Gasteiger charge is 2.13. The number of nitrogens with zero attached hydrogens (tertiary/aromatic N) is 2. The molecule has 2 rings (SSSR count). The smallest absolute Gasteiger partial charge is 0.356 e. The van der Waals surface area contributed by atoms with Gasteiger partial charge in [-0.15, -0.1) is 0 Å². The number of hydrogen-bond donors (Lipinski definition) is 1. The normalized spacial score (nSPS) is 11.0. The molecule has 0 bridgehead atoms. The van der Waals surface area contributed by atoms with Crippen LogP contribution in [0.4, 0.5) is 0 Å². The molecule has 0 unspecified atom stereocenters. The zero-order valence-electron chi connectivity index (χ0n) is 12.1. The number of carboxylic acids is 1. The Kier molecular flexibility index (Phi) is 4.23. The van der Waals surface area contributed by atoms with Crippen molar-refractivity contribution < 1.29 is 9.90 Å². The maximum Gasteiger partial charge on any atom is 0.356 e. The van der Waals surface area contributed by atoms with Gasteiger partial charge < -0.3 is 5.11 Å². The first-order valence-corrected chi connectivity index (χ1v) is 6.94. The van der Waals surface area contributed by atoms with Crippen molar-refractivity contribution in [3.8, 4) is 11.3 Å². The minimum atomic E-state index is -1.000. The average Bonchev–Trinajstić information content (AvgIpc) is 2.83. The summed E-state index contributed by atoms with van der Waals surface area (Å²) in [6.07, 6.45) is 2.26. The Hall–Kier alpha value is -2.10. The predicted molar refractivity (Wildman–Crippen MR) is 78.9 cm³/mol. The van der Waals surface area contributed by atoms with E-state index >= 15 is 0 Å². The molecule has 20 heavy (non-hydrogen) atoms. The number of aromatic nitrogens is 2. The Morgan fingerprint density at radius 1 is 1.25 bits per heavy atom. The molecule has 0 saturated heterocycles. The molecule has 1 N–H and O–H groups in total. The maximum atomic E-state index is 10.9. The van der Waals surface area contributed by atoms with Crippen molar-refractivity contribution in [1.82, 2.24) is 9.78 Å². The molecule has 106 valence electrons. The number of rotatable bonds is 5. The quantitative estimate of drug-likeness (QED) is 0.903. The molecule has 0 aliphatic rings. The first-order valence-electron chi connectivity index (χ1n) is 6.94. The number of benzene rings is 1. The van der Waals surface area contributed by atoms with Gasteiger partial charge in [0.15, 0.2) is 5.69 Å². The van der Waals surface area contributed by atoms with Crippen molar-refractivity contribution in [2.24, 2.45) is 7.05 Å². The van der Waals surface area contributed by atoms with Crippen LogP contribution in [0, 0.1) is 0 Å². The van der Waals surface area contributed by atoms with E-state index in [-0.39, 0.29) is 5.69 Å². The number of aromatic carboxylic acids is 1. The predicted octanol–water partition coefficient (Wildman–Crippen LogP) is 3.69. The fraction of sp³-hybridized carbons (Fsp3) is 0.375. The van der Waals surface area contributed by atoms with E-state index in [0.29, 0.717) is 5.92 Å². The van der Waals surface area contributed by atoms with Crippen LogP contribution >= 0.6 is 0 Å². The van der Waals surface area contributed by atoms with Gasteiger partial charge in [0, 0.05) is 7.05 Å². The van der Waals surface area contributed by atoms with Crippen LogP contribution in [0.2, 0.25) is 0 Å². The average molecular weight is 272 g/mol. The second-order valence-corrected chi connectivity index (χ2v) is 4.98. The maximum absolute atomic E-state index is 10.9. The topological polar surface area (TPSA) is 55.1 Å². The van der Waals surface area contributed by atoms with Gasteiger partial charge in [0.05, 0.1) is 5.69 Å². The third-order valence-electron chi connectivity index (χ3n) is 3.76. The molecule has 0 atom stereocenters. The highest BCUT2D eigenvalue weighted by molar-refractivity contribution is 5.87. The lowest BCUT2D eigenvalue weighted by atomic mass is 9.93. The van der Waals surface area contributed by atoms with E-state index in [9.17, 15) is 4.79 Å². The van der Waals surface area contributed by atoms with E-state index in [2.05, 4.69) is 31.1 Å². The van der Waals surface area contributed by atoms with Gasteiger partial charge in [0.25, 0.3) is 0 Å². The lowest BCUT2D eigenvalue weighted by Crippen LogP contribution is -1.99. The largest absolute Gasteiger partial charge is 0.476 e. The summed E-state index contributed by atoms with van der Waals surface area (Å²) in [7, 11) is 1.76. The third kappa shape index (κ3) is 2.74. The van der Waals surface area contributed by atoms with E-state index < -0.39 is 5.97 Å². The second kappa shape index (κ2) is 5.90. The summed E-state index contributed by atoms with van der Waals surface area (Å²) in [5.74, 6) is -0.411. The molecule has 1 heterocycles. The third-order valence-corrected chi connectivity index (χ3v) is 3.76. The van der Waals surface area contributed by atoms with Gasteiger partial charge in [-0.3, -0.25) is 4.68 Å². The van der Waals surface area contributed by atoms with Gasteiger partial charge in [-0.1, -0.05) is 38.1 Å². The fourth-order valence-corrected chi connectivity index (χ4v) is 2.53. The lowest BCUT2D eigenvalue weighted by molar-refractivity contribution is 0.0689. The monoisotopic (exact) mass is 272 g/mol. The zero-order chi connectivity index (χ0) is 14.7. The molecule has 1 aromatic carbocycles. The number of carboxylic acid groups (broad SMARTS) is 1. The molecule has 0 aliphatic heterocycles. The molecule has 0 radical (unpaired) electrons. The molecule has 0 aliphatic carbocycles. The van der Waals surface area contributed by atoms with Crippen molar-refractivity contribution in [3.63, 3.8) is 0 Å². The van der Waals surface area contributed by atoms with Crippen molar-refractivity contribution >= 4 is 5.97 Å². The fourth-order valence-electron chi connectivity index (χ4n) is 2.53. The second-order valence-electron chi connectivity index (χ2n) is 4.98. The first-order chi connectivity index (χ1) is 9.56. The van der Waals surface area contributed by atoms with Gasteiger partial charge >= 0.3 is 5.97 Å². The summed E-state index contributed by atoms with van der Waals surface area (Å²) in [5.41, 5.74) is 3.21. The van der Waals surface area contributed by atoms with E-state index in [0.717, 1.165) is 24.1 Å².